The molecule has 1 heterocycles. The van der Waals surface area contributed by atoms with Gasteiger partial charge in [0.2, 0.25) is 6.79 Å². The molecule has 1 aromatic rings. The van der Waals surface area contributed by atoms with E-state index >= 15 is 0 Å². The number of nitrogens with one attached hydrogen (secondary N) is 1. The van der Waals surface area contributed by atoms with Crippen molar-refractivity contribution in [3.05, 3.63) is 23.8 Å². The van der Waals surface area contributed by atoms with Crippen LogP contribution in [0, 0.1) is 5.41 Å². The van der Waals surface area contributed by atoms with Gasteiger partial charge in [-0.25, -0.2) is 0 Å². The highest BCUT2D eigenvalue weighted by atomic mass is 16.7. The molecule has 2 aliphatic rings. The third kappa shape index (κ3) is 2.01. The highest BCUT2D eigenvalue weighted by Gasteiger charge is 2.41. The number of rotatable bonds is 4. The molecule has 0 unspecified atom stereocenters. The molecule has 3 rings (SSSR count). The topological polar surface area (TPSA) is 73.6 Å². The lowest BCUT2D eigenvalue weighted by molar-refractivity contribution is 0.0945. The molecule has 1 aliphatic carbocycles. The quantitative estimate of drug-likeness (QED) is 0.829. The largest absolute Gasteiger partial charge is 0.454 e. The van der Waals surface area contributed by atoms with E-state index in [1.807, 2.05) is 0 Å². The SMILES string of the molecule is NCC1(CNC(=O)c2ccc3c(c2)OCO3)CC1. The van der Waals surface area contributed by atoms with Crippen LogP contribution in [0.4, 0.5) is 0 Å². The summed E-state index contributed by atoms with van der Waals surface area (Å²) < 4.78 is 10.5. The Kier molecular flexibility index (Phi) is 2.63. The Labute approximate surface area is 105 Å². The van der Waals surface area contributed by atoms with Crippen LogP contribution < -0.4 is 20.5 Å². The normalized spacial score (nSPS) is 18.5. The standard InChI is InChI=1S/C13H16N2O3/c14-6-13(3-4-13)7-15-12(16)9-1-2-10-11(5-9)18-8-17-10/h1-2,5H,3-4,6-8,14H2,(H,15,16). The first-order chi connectivity index (χ1) is 8.72. The fourth-order valence-corrected chi connectivity index (χ4v) is 2.04. The zero-order valence-electron chi connectivity index (χ0n) is 10.1. The molecule has 0 radical (unpaired) electrons. The first-order valence-electron chi connectivity index (χ1n) is 6.10. The van der Waals surface area contributed by atoms with E-state index in [0.29, 0.717) is 30.2 Å². The molecule has 5 nitrogen and oxygen atoms in total. The number of fused-ring (bicyclic) bond motifs is 1. The van der Waals surface area contributed by atoms with E-state index < -0.39 is 0 Å². The number of benzene rings is 1. The van der Waals surface area contributed by atoms with Gasteiger partial charge in [0.25, 0.3) is 5.91 Å². The van der Waals surface area contributed by atoms with Crippen LogP contribution in [-0.2, 0) is 0 Å². The molecule has 1 amide bonds. The summed E-state index contributed by atoms with van der Waals surface area (Å²) in [5.74, 6) is 1.22. The highest BCUT2D eigenvalue weighted by molar-refractivity contribution is 5.95. The van der Waals surface area contributed by atoms with Crippen LogP contribution in [0.5, 0.6) is 11.5 Å². The van der Waals surface area contributed by atoms with Crippen LogP contribution in [0.1, 0.15) is 23.2 Å². The van der Waals surface area contributed by atoms with Crippen LogP contribution in [0.3, 0.4) is 0 Å². The maximum absolute atomic E-state index is 12.0. The molecule has 1 fully saturated rings. The molecular formula is C13H16N2O3. The van der Waals surface area contributed by atoms with Crippen molar-refractivity contribution >= 4 is 5.91 Å². The van der Waals surface area contributed by atoms with Crippen molar-refractivity contribution in [3.8, 4) is 11.5 Å². The summed E-state index contributed by atoms with van der Waals surface area (Å²) in [6.07, 6.45) is 2.20. The van der Waals surface area contributed by atoms with E-state index in [4.69, 9.17) is 15.2 Å². The molecule has 5 heteroatoms. The zero-order valence-corrected chi connectivity index (χ0v) is 10.1. The Morgan fingerprint density at radius 1 is 1.33 bits per heavy atom. The molecule has 0 atom stereocenters. The first kappa shape index (κ1) is 11.3. The highest BCUT2D eigenvalue weighted by Crippen LogP contribution is 2.43. The predicted molar refractivity (Wildman–Crippen MR) is 65.6 cm³/mol. The summed E-state index contributed by atoms with van der Waals surface area (Å²) in [4.78, 5) is 12.0. The van der Waals surface area contributed by atoms with Gasteiger partial charge in [-0.05, 0) is 37.6 Å². The average molecular weight is 248 g/mol. The van der Waals surface area contributed by atoms with Gasteiger partial charge in [-0.15, -0.1) is 0 Å². The summed E-state index contributed by atoms with van der Waals surface area (Å²) >= 11 is 0. The fourth-order valence-electron chi connectivity index (χ4n) is 2.04. The Hall–Kier alpha value is -1.75. The van der Waals surface area contributed by atoms with Gasteiger partial charge in [0.1, 0.15) is 0 Å². The summed E-state index contributed by atoms with van der Waals surface area (Å²) in [6, 6.07) is 5.21. The third-order valence-corrected chi connectivity index (χ3v) is 3.65. The molecule has 0 saturated heterocycles. The minimum Gasteiger partial charge on any atom is -0.454 e. The molecular weight excluding hydrogens is 232 g/mol. The first-order valence-corrected chi connectivity index (χ1v) is 6.10. The number of amides is 1. The zero-order chi connectivity index (χ0) is 12.6. The van der Waals surface area contributed by atoms with E-state index in [1.165, 1.54) is 0 Å². The molecule has 1 aliphatic heterocycles. The number of nitrogens with two attached hydrogens (primary N) is 1. The Bertz CT molecular complexity index is 483. The van der Waals surface area contributed by atoms with Gasteiger partial charge in [0.05, 0.1) is 0 Å². The molecule has 3 N–H and O–H groups in total. The molecule has 18 heavy (non-hydrogen) atoms. The molecule has 0 spiro atoms. The van der Waals surface area contributed by atoms with E-state index in [2.05, 4.69) is 5.32 Å². The summed E-state index contributed by atoms with van der Waals surface area (Å²) in [5, 5.41) is 2.93. The van der Waals surface area contributed by atoms with Crippen LogP contribution >= 0.6 is 0 Å². The Morgan fingerprint density at radius 2 is 2.11 bits per heavy atom. The maximum atomic E-state index is 12.0. The lowest BCUT2D eigenvalue weighted by Crippen LogP contribution is -2.33. The molecule has 1 aromatic carbocycles. The number of hydrogen-bond donors (Lipinski definition) is 2. The van der Waals surface area contributed by atoms with Crippen LogP contribution in [0.15, 0.2) is 18.2 Å². The van der Waals surface area contributed by atoms with E-state index in [9.17, 15) is 4.79 Å². The summed E-state index contributed by atoms with van der Waals surface area (Å²) in [7, 11) is 0. The number of hydrogen-bond acceptors (Lipinski definition) is 4. The smallest absolute Gasteiger partial charge is 0.251 e. The van der Waals surface area contributed by atoms with E-state index in [-0.39, 0.29) is 18.1 Å². The van der Waals surface area contributed by atoms with E-state index in [1.54, 1.807) is 18.2 Å². The monoisotopic (exact) mass is 248 g/mol. The van der Waals surface area contributed by atoms with Gasteiger partial charge in [-0.2, -0.15) is 0 Å². The molecule has 1 saturated carbocycles. The van der Waals surface area contributed by atoms with Crippen molar-refractivity contribution in [2.75, 3.05) is 19.9 Å². The lowest BCUT2D eigenvalue weighted by atomic mass is 10.1. The van der Waals surface area contributed by atoms with Crippen molar-refractivity contribution in [3.63, 3.8) is 0 Å². The second kappa shape index (κ2) is 4.17. The minimum atomic E-state index is -0.0898. The van der Waals surface area contributed by atoms with Gasteiger partial charge < -0.3 is 20.5 Å². The van der Waals surface area contributed by atoms with Crippen LogP contribution in [-0.4, -0.2) is 25.8 Å². The van der Waals surface area contributed by atoms with Gasteiger partial charge in [0, 0.05) is 17.5 Å². The van der Waals surface area contributed by atoms with Crippen molar-refractivity contribution in [2.45, 2.75) is 12.8 Å². The predicted octanol–water partition coefficient (Wildman–Crippen LogP) is 0.884. The van der Waals surface area contributed by atoms with Crippen molar-refractivity contribution in [1.82, 2.24) is 5.32 Å². The van der Waals surface area contributed by atoms with Crippen molar-refractivity contribution in [2.24, 2.45) is 11.1 Å². The summed E-state index contributed by atoms with van der Waals surface area (Å²) in [5.41, 5.74) is 6.41. The molecule has 96 valence electrons. The average Bonchev–Trinajstić information content (AvgIpc) is 3.04. The second-order valence-corrected chi connectivity index (χ2v) is 4.95. The van der Waals surface area contributed by atoms with Crippen molar-refractivity contribution < 1.29 is 14.3 Å². The Morgan fingerprint density at radius 3 is 2.83 bits per heavy atom. The fraction of sp³-hybridized carbons (Fsp3) is 0.462. The number of ether oxygens (including phenoxy) is 2. The summed E-state index contributed by atoms with van der Waals surface area (Å²) in [6.45, 7) is 1.50. The van der Waals surface area contributed by atoms with Gasteiger partial charge in [-0.1, -0.05) is 0 Å². The maximum Gasteiger partial charge on any atom is 0.251 e. The van der Waals surface area contributed by atoms with Crippen LogP contribution in [0.25, 0.3) is 0 Å². The van der Waals surface area contributed by atoms with Crippen molar-refractivity contribution in [1.29, 1.82) is 0 Å². The molecule has 0 bridgehead atoms. The third-order valence-electron chi connectivity index (χ3n) is 3.65. The van der Waals surface area contributed by atoms with Crippen LogP contribution in [0.2, 0.25) is 0 Å². The lowest BCUT2D eigenvalue weighted by Gasteiger charge is -2.13. The Balaban J connectivity index is 1.65. The minimum absolute atomic E-state index is 0.0898. The van der Waals surface area contributed by atoms with Gasteiger partial charge in [0.15, 0.2) is 11.5 Å². The second-order valence-electron chi connectivity index (χ2n) is 4.95. The molecule has 0 aromatic heterocycles. The number of carbonyl (C=O) groups excluding carboxylic acids is 1. The van der Waals surface area contributed by atoms with E-state index in [0.717, 1.165) is 12.8 Å². The number of carbonyl (C=O) groups is 1. The van der Waals surface area contributed by atoms with Gasteiger partial charge in [-0.3, -0.25) is 4.79 Å². The van der Waals surface area contributed by atoms with Gasteiger partial charge >= 0.3 is 0 Å².